The maximum Gasteiger partial charge on any atom is 0.382 e. The fraction of sp³-hybridized carbons (Fsp3) is 0.182. The molecule has 0 saturated heterocycles. The molecule has 0 atom stereocenters. The summed E-state index contributed by atoms with van der Waals surface area (Å²) in [4.78, 5) is 10.0. The van der Waals surface area contributed by atoms with Gasteiger partial charge in [-0.05, 0) is 30.2 Å². The zero-order valence-electron chi connectivity index (χ0n) is 8.19. The molecule has 1 aromatic carbocycles. The highest BCUT2D eigenvalue weighted by molar-refractivity contribution is 5.86. The Labute approximate surface area is 87.4 Å². The highest BCUT2D eigenvalue weighted by Gasteiger charge is 1.93. The zero-order chi connectivity index (χ0) is 11.1. The first kappa shape index (κ1) is 10.9. The third-order valence-corrected chi connectivity index (χ3v) is 1.57. The van der Waals surface area contributed by atoms with Crippen LogP contribution in [-0.4, -0.2) is 24.8 Å². The highest BCUT2D eigenvalue weighted by Crippen LogP contribution is 2.16. The Hall–Kier alpha value is -2.15. The van der Waals surface area contributed by atoms with E-state index in [-0.39, 0.29) is 6.61 Å². The van der Waals surface area contributed by atoms with Gasteiger partial charge in [0, 0.05) is 5.92 Å². The van der Waals surface area contributed by atoms with Crippen LogP contribution in [0.1, 0.15) is 0 Å². The summed E-state index contributed by atoms with van der Waals surface area (Å²) in [5, 5.41) is 8.23. The van der Waals surface area contributed by atoms with Gasteiger partial charge in [0.15, 0.2) is 0 Å². The second kappa shape index (κ2) is 5.55. The minimum absolute atomic E-state index is 0.0542. The Bertz CT molecular complexity index is 383. The molecule has 0 aliphatic rings. The lowest BCUT2D eigenvalue weighted by Gasteiger charge is -2.02. The zero-order valence-corrected chi connectivity index (χ0v) is 8.19. The SMILES string of the molecule is COc1ccc(OCC#CC(=O)O)cc1. The van der Waals surface area contributed by atoms with E-state index in [1.54, 1.807) is 31.4 Å². The van der Waals surface area contributed by atoms with Crippen molar-refractivity contribution in [2.75, 3.05) is 13.7 Å². The summed E-state index contributed by atoms with van der Waals surface area (Å²) in [6, 6.07) is 6.95. The molecule has 1 aromatic rings. The minimum Gasteiger partial charge on any atom is -0.497 e. The fourth-order valence-electron chi connectivity index (χ4n) is 0.903. The Kier molecular flexibility index (Phi) is 4.05. The lowest BCUT2D eigenvalue weighted by molar-refractivity contribution is -0.130. The average Bonchev–Trinajstić information content (AvgIpc) is 2.25. The summed E-state index contributed by atoms with van der Waals surface area (Å²) >= 11 is 0. The Balaban J connectivity index is 2.45. The molecule has 1 N–H and O–H groups in total. The number of rotatable bonds is 3. The topological polar surface area (TPSA) is 55.8 Å². The average molecular weight is 206 g/mol. The van der Waals surface area contributed by atoms with E-state index in [9.17, 15) is 4.79 Å². The number of carboxylic acids is 1. The van der Waals surface area contributed by atoms with Crippen LogP contribution in [0, 0.1) is 11.8 Å². The molecule has 1 rings (SSSR count). The fourth-order valence-corrected chi connectivity index (χ4v) is 0.903. The van der Waals surface area contributed by atoms with Gasteiger partial charge >= 0.3 is 5.97 Å². The van der Waals surface area contributed by atoms with Crippen LogP contribution in [0.15, 0.2) is 24.3 Å². The number of carboxylic acid groups (broad SMARTS) is 1. The van der Waals surface area contributed by atoms with Gasteiger partial charge in [-0.3, -0.25) is 0 Å². The number of hydrogen-bond donors (Lipinski definition) is 1. The first-order valence-corrected chi connectivity index (χ1v) is 4.21. The molecule has 0 aromatic heterocycles. The maximum absolute atomic E-state index is 10.0. The van der Waals surface area contributed by atoms with Crippen LogP contribution < -0.4 is 9.47 Å². The van der Waals surface area contributed by atoms with Gasteiger partial charge in [-0.2, -0.15) is 0 Å². The molecule has 0 aliphatic heterocycles. The molecule has 0 fully saturated rings. The molecule has 0 heterocycles. The molecule has 4 nitrogen and oxygen atoms in total. The third-order valence-electron chi connectivity index (χ3n) is 1.57. The number of carbonyl (C=O) groups is 1. The normalized spacial score (nSPS) is 8.60. The van der Waals surface area contributed by atoms with Crippen molar-refractivity contribution in [1.82, 2.24) is 0 Å². The maximum atomic E-state index is 10.0. The first-order valence-electron chi connectivity index (χ1n) is 4.21. The summed E-state index contributed by atoms with van der Waals surface area (Å²) in [7, 11) is 1.58. The predicted octanol–water partition coefficient (Wildman–Crippen LogP) is 1.16. The van der Waals surface area contributed by atoms with Gasteiger partial charge in [-0.25, -0.2) is 4.79 Å². The molecule has 0 saturated carbocycles. The van der Waals surface area contributed by atoms with Crippen molar-refractivity contribution in [1.29, 1.82) is 0 Å². The van der Waals surface area contributed by atoms with Crippen LogP contribution in [-0.2, 0) is 4.79 Å². The molecule has 0 aliphatic carbocycles. The van der Waals surface area contributed by atoms with Crippen LogP contribution in [0.4, 0.5) is 0 Å². The summed E-state index contributed by atoms with van der Waals surface area (Å²) < 4.78 is 10.1. The van der Waals surface area contributed by atoms with Crippen molar-refractivity contribution >= 4 is 5.97 Å². The molecule has 0 spiro atoms. The number of hydrogen-bond acceptors (Lipinski definition) is 3. The van der Waals surface area contributed by atoms with E-state index in [1.165, 1.54) is 0 Å². The molecule has 15 heavy (non-hydrogen) atoms. The summed E-state index contributed by atoms with van der Waals surface area (Å²) in [5.41, 5.74) is 0. The van der Waals surface area contributed by atoms with Crippen molar-refractivity contribution in [3.8, 4) is 23.3 Å². The molecular formula is C11H10O4. The minimum atomic E-state index is -1.16. The largest absolute Gasteiger partial charge is 0.497 e. The monoisotopic (exact) mass is 206 g/mol. The standard InChI is InChI=1S/C11H10O4/c1-14-9-4-6-10(7-5-9)15-8-2-3-11(12)13/h4-7H,8H2,1H3,(H,12,13). The number of methoxy groups -OCH3 is 1. The predicted molar refractivity (Wildman–Crippen MR) is 53.9 cm³/mol. The van der Waals surface area contributed by atoms with E-state index in [0.29, 0.717) is 5.75 Å². The van der Waals surface area contributed by atoms with E-state index >= 15 is 0 Å². The van der Waals surface area contributed by atoms with E-state index < -0.39 is 5.97 Å². The summed E-state index contributed by atoms with van der Waals surface area (Å²) in [6.45, 7) is 0.0542. The second-order valence-electron chi connectivity index (χ2n) is 2.57. The van der Waals surface area contributed by atoms with Gasteiger partial charge in [0.25, 0.3) is 0 Å². The van der Waals surface area contributed by atoms with Gasteiger partial charge in [0.05, 0.1) is 7.11 Å². The van der Waals surface area contributed by atoms with Gasteiger partial charge in [0.1, 0.15) is 18.1 Å². The quantitative estimate of drug-likeness (QED) is 0.754. The van der Waals surface area contributed by atoms with Crippen LogP contribution in [0.5, 0.6) is 11.5 Å². The highest BCUT2D eigenvalue weighted by atomic mass is 16.5. The Morgan fingerprint density at radius 3 is 2.47 bits per heavy atom. The van der Waals surface area contributed by atoms with Crippen LogP contribution in [0.25, 0.3) is 0 Å². The lowest BCUT2D eigenvalue weighted by atomic mass is 10.3. The lowest BCUT2D eigenvalue weighted by Crippen LogP contribution is -1.95. The van der Waals surface area contributed by atoms with E-state index in [4.69, 9.17) is 14.6 Å². The van der Waals surface area contributed by atoms with Gasteiger partial charge in [0.2, 0.25) is 0 Å². The number of benzene rings is 1. The number of aliphatic carboxylic acids is 1. The van der Waals surface area contributed by atoms with Gasteiger partial charge in [-0.15, -0.1) is 0 Å². The third kappa shape index (κ3) is 4.05. The Morgan fingerprint density at radius 1 is 1.33 bits per heavy atom. The van der Waals surface area contributed by atoms with Crippen molar-refractivity contribution in [2.45, 2.75) is 0 Å². The molecule has 4 heteroatoms. The van der Waals surface area contributed by atoms with Crippen LogP contribution in [0.3, 0.4) is 0 Å². The summed E-state index contributed by atoms with van der Waals surface area (Å²) in [5.74, 6) is 4.51. The van der Waals surface area contributed by atoms with Gasteiger partial charge in [-0.1, -0.05) is 0 Å². The second-order valence-corrected chi connectivity index (χ2v) is 2.57. The molecule has 0 unspecified atom stereocenters. The van der Waals surface area contributed by atoms with Crippen molar-refractivity contribution in [3.63, 3.8) is 0 Å². The molecule has 0 amide bonds. The van der Waals surface area contributed by atoms with E-state index in [0.717, 1.165) is 5.75 Å². The Morgan fingerprint density at radius 2 is 1.93 bits per heavy atom. The van der Waals surface area contributed by atoms with Crippen molar-refractivity contribution in [3.05, 3.63) is 24.3 Å². The van der Waals surface area contributed by atoms with Crippen molar-refractivity contribution in [2.24, 2.45) is 0 Å². The smallest absolute Gasteiger partial charge is 0.382 e. The molecule has 0 bridgehead atoms. The van der Waals surface area contributed by atoms with E-state index in [1.807, 2.05) is 5.92 Å². The molecular weight excluding hydrogens is 196 g/mol. The van der Waals surface area contributed by atoms with Crippen LogP contribution >= 0.6 is 0 Å². The molecule has 0 radical (unpaired) electrons. The number of ether oxygens (including phenoxy) is 2. The van der Waals surface area contributed by atoms with E-state index in [2.05, 4.69) is 5.92 Å². The molecule has 78 valence electrons. The van der Waals surface area contributed by atoms with Gasteiger partial charge < -0.3 is 14.6 Å². The van der Waals surface area contributed by atoms with Crippen LogP contribution in [0.2, 0.25) is 0 Å². The van der Waals surface area contributed by atoms with Crippen molar-refractivity contribution < 1.29 is 19.4 Å². The first-order chi connectivity index (χ1) is 7.22. The summed E-state index contributed by atoms with van der Waals surface area (Å²) in [6.07, 6.45) is 0.